The Kier molecular flexibility index (Phi) is 7.35. The van der Waals surface area contributed by atoms with Crippen LogP contribution in [0, 0.1) is 5.82 Å². The van der Waals surface area contributed by atoms with Gasteiger partial charge in [0.15, 0.2) is 11.5 Å². The Morgan fingerprint density at radius 1 is 1.30 bits per heavy atom. The van der Waals surface area contributed by atoms with E-state index in [0.29, 0.717) is 28.6 Å². The molecular weight excluding hydrogens is 437 g/mol. The van der Waals surface area contributed by atoms with Crippen molar-refractivity contribution in [1.82, 2.24) is 5.32 Å². The first-order valence-electron chi connectivity index (χ1n) is 8.83. The van der Waals surface area contributed by atoms with E-state index in [0.717, 1.165) is 36.0 Å². The van der Waals surface area contributed by atoms with Gasteiger partial charge in [-0.1, -0.05) is 33.6 Å². The van der Waals surface area contributed by atoms with E-state index in [2.05, 4.69) is 21.2 Å². The Morgan fingerprint density at radius 3 is 2.85 bits per heavy atom. The molecular formula is C20H22BrClFNO3. The van der Waals surface area contributed by atoms with Gasteiger partial charge in [0.05, 0.1) is 18.2 Å². The summed E-state index contributed by atoms with van der Waals surface area (Å²) < 4.78 is 32.0. The van der Waals surface area contributed by atoms with Gasteiger partial charge in [0, 0.05) is 35.3 Å². The second-order valence-corrected chi connectivity index (χ2v) is 7.57. The molecule has 0 amide bonds. The van der Waals surface area contributed by atoms with E-state index >= 15 is 0 Å². The highest BCUT2D eigenvalue weighted by atomic mass is 79.9. The Hall–Kier alpha value is -1.34. The Morgan fingerprint density at radius 2 is 2.15 bits per heavy atom. The van der Waals surface area contributed by atoms with Gasteiger partial charge < -0.3 is 19.5 Å². The van der Waals surface area contributed by atoms with Crippen LogP contribution < -0.4 is 14.8 Å². The minimum Gasteiger partial charge on any atom is -0.493 e. The maximum atomic E-state index is 14.1. The maximum absolute atomic E-state index is 14.1. The molecule has 1 atom stereocenters. The fourth-order valence-corrected chi connectivity index (χ4v) is 3.71. The molecule has 0 spiro atoms. The molecule has 27 heavy (non-hydrogen) atoms. The second-order valence-electron chi connectivity index (χ2n) is 6.31. The van der Waals surface area contributed by atoms with Gasteiger partial charge in [-0.25, -0.2) is 4.39 Å². The predicted octanol–water partition coefficient (Wildman–Crippen LogP) is 5.10. The number of methoxy groups -OCH3 is 1. The van der Waals surface area contributed by atoms with Crippen LogP contribution in [0.2, 0.25) is 5.02 Å². The lowest BCUT2D eigenvalue weighted by atomic mass is 10.1. The zero-order valence-corrected chi connectivity index (χ0v) is 17.4. The summed E-state index contributed by atoms with van der Waals surface area (Å²) in [7, 11) is 1.58. The van der Waals surface area contributed by atoms with Crippen molar-refractivity contribution in [2.24, 2.45) is 0 Å². The number of ether oxygens (including phenoxy) is 3. The van der Waals surface area contributed by atoms with Crippen LogP contribution in [0.1, 0.15) is 24.0 Å². The zero-order chi connectivity index (χ0) is 19.2. The third-order valence-corrected chi connectivity index (χ3v) is 5.60. The van der Waals surface area contributed by atoms with Crippen LogP contribution in [-0.2, 0) is 17.9 Å². The Labute approximate surface area is 172 Å². The van der Waals surface area contributed by atoms with Gasteiger partial charge in [-0.15, -0.1) is 0 Å². The van der Waals surface area contributed by atoms with Gasteiger partial charge in [-0.05, 0) is 37.1 Å². The van der Waals surface area contributed by atoms with Crippen molar-refractivity contribution >= 4 is 27.5 Å². The van der Waals surface area contributed by atoms with Crippen LogP contribution in [-0.4, -0.2) is 26.4 Å². The maximum Gasteiger partial charge on any atom is 0.167 e. The molecule has 7 heteroatoms. The van der Waals surface area contributed by atoms with Gasteiger partial charge in [0.1, 0.15) is 12.4 Å². The summed E-state index contributed by atoms with van der Waals surface area (Å²) in [5.74, 6) is 0.750. The second kappa shape index (κ2) is 9.73. The van der Waals surface area contributed by atoms with Crippen molar-refractivity contribution in [3.63, 3.8) is 0 Å². The molecule has 146 valence electrons. The van der Waals surface area contributed by atoms with Crippen molar-refractivity contribution < 1.29 is 18.6 Å². The third-order valence-electron chi connectivity index (χ3n) is 4.51. The molecule has 2 aromatic rings. The molecule has 4 nitrogen and oxygen atoms in total. The average Bonchev–Trinajstić information content (AvgIpc) is 3.17. The highest BCUT2D eigenvalue weighted by Gasteiger charge is 2.18. The highest BCUT2D eigenvalue weighted by Crippen LogP contribution is 2.37. The van der Waals surface area contributed by atoms with Crippen LogP contribution in [0.4, 0.5) is 4.39 Å². The van der Waals surface area contributed by atoms with Crippen LogP contribution in [0.25, 0.3) is 0 Å². The van der Waals surface area contributed by atoms with Crippen molar-refractivity contribution in [3.8, 4) is 11.5 Å². The minimum absolute atomic E-state index is 0.0110. The third kappa shape index (κ3) is 5.13. The molecule has 0 saturated carbocycles. The first kappa shape index (κ1) is 20.4. The fraction of sp³-hybridized carbons (Fsp3) is 0.400. The molecule has 1 fully saturated rings. The SMILES string of the molecule is COc1ccc(Br)c(CNCC2CCCO2)c1OCc1c(F)cccc1Cl. The molecule has 0 aliphatic carbocycles. The van der Waals surface area contributed by atoms with Crippen LogP contribution in [0.3, 0.4) is 0 Å². The topological polar surface area (TPSA) is 39.7 Å². The summed E-state index contributed by atoms with van der Waals surface area (Å²) >= 11 is 9.68. The molecule has 1 heterocycles. The average molecular weight is 459 g/mol. The first-order valence-corrected chi connectivity index (χ1v) is 10.0. The number of rotatable bonds is 8. The molecule has 1 unspecified atom stereocenters. The van der Waals surface area contributed by atoms with E-state index in [1.54, 1.807) is 19.2 Å². The van der Waals surface area contributed by atoms with E-state index in [1.165, 1.54) is 6.07 Å². The standard InChI is InChI=1S/C20H22BrClFNO3/c1-25-19-8-7-16(21)14(11-24-10-13-4-3-9-26-13)20(19)27-12-15-17(22)5-2-6-18(15)23/h2,5-8,13,24H,3-4,9-12H2,1H3. The molecule has 1 aliphatic heterocycles. The van der Waals surface area contributed by atoms with Gasteiger partial charge >= 0.3 is 0 Å². The number of halogens is 3. The largest absolute Gasteiger partial charge is 0.493 e. The number of hydrogen-bond donors (Lipinski definition) is 1. The molecule has 0 radical (unpaired) electrons. The quantitative estimate of drug-likeness (QED) is 0.597. The summed E-state index contributed by atoms with van der Waals surface area (Å²) in [4.78, 5) is 0. The van der Waals surface area contributed by atoms with Crippen molar-refractivity contribution in [2.75, 3.05) is 20.3 Å². The fourth-order valence-electron chi connectivity index (χ4n) is 3.04. The highest BCUT2D eigenvalue weighted by molar-refractivity contribution is 9.10. The van der Waals surface area contributed by atoms with Gasteiger partial charge in [0.2, 0.25) is 0 Å². The molecule has 1 saturated heterocycles. The van der Waals surface area contributed by atoms with Crippen molar-refractivity contribution in [3.05, 3.63) is 56.8 Å². The summed E-state index contributed by atoms with van der Waals surface area (Å²) in [5, 5.41) is 3.74. The van der Waals surface area contributed by atoms with Crippen molar-refractivity contribution in [2.45, 2.75) is 32.1 Å². The molecule has 0 aromatic heterocycles. The summed E-state index contributed by atoms with van der Waals surface area (Å²) in [6, 6.07) is 8.30. The molecule has 0 bridgehead atoms. The lowest BCUT2D eigenvalue weighted by Gasteiger charge is -2.18. The number of nitrogens with one attached hydrogen (secondary N) is 1. The smallest absolute Gasteiger partial charge is 0.167 e. The van der Waals surface area contributed by atoms with Crippen LogP contribution >= 0.6 is 27.5 Å². The first-order chi connectivity index (χ1) is 13.1. The summed E-state index contributed by atoms with van der Waals surface area (Å²) in [5.41, 5.74) is 1.22. The van der Waals surface area contributed by atoms with E-state index < -0.39 is 5.82 Å². The van der Waals surface area contributed by atoms with E-state index in [9.17, 15) is 4.39 Å². The number of hydrogen-bond acceptors (Lipinski definition) is 4. The Balaban J connectivity index is 1.76. The van der Waals surface area contributed by atoms with Gasteiger partial charge in [-0.2, -0.15) is 0 Å². The van der Waals surface area contributed by atoms with Gasteiger partial charge in [-0.3, -0.25) is 0 Å². The monoisotopic (exact) mass is 457 g/mol. The molecule has 1 N–H and O–H groups in total. The van der Waals surface area contributed by atoms with Crippen molar-refractivity contribution in [1.29, 1.82) is 0 Å². The van der Waals surface area contributed by atoms with E-state index in [4.69, 9.17) is 25.8 Å². The molecule has 2 aromatic carbocycles. The summed E-state index contributed by atoms with van der Waals surface area (Å²) in [6.45, 7) is 2.17. The zero-order valence-electron chi connectivity index (χ0n) is 15.1. The Bertz CT molecular complexity index is 764. The predicted molar refractivity (Wildman–Crippen MR) is 107 cm³/mol. The molecule has 3 rings (SSSR count). The normalized spacial score (nSPS) is 16.5. The van der Waals surface area contributed by atoms with E-state index in [1.807, 2.05) is 12.1 Å². The minimum atomic E-state index is -0.394. The van der Waals surface area contributed by atoms with Crippen LogP contribution in [0.5, 0.6) is 11.5 Å². The number of benzene rings is 2. The lowest BCUT2D eigenvalue weighted by molar-refractivity contribution is 0.110. The van der Waals surface area contributed by atoms with E-state index in [-0.39, 0.29) is 12.7 Å². The summed E-state index contributed by atoms with van der Waals surface area (Å²) in [6.07, 6.45) is 2.42. The lowest BCUT2D eigenvalue weighted by Crippen LogP contribution is -2.26. The van der Waals surface area contributed by atoms with Crippen LogP contribution in [0.15, 0.2) is 34.8 Å². The van der Waals surface area contributed by atoms with Gasteiger partial charge in [0.25, 0.3) is 0 Å². The molecule has 1 aliphatic rings.